The van der Waals surface area contributed by atoms with E-state index in [1.165, 1.54) is 17.1 Å². The molecule has 7 N–H and O–H groups in total. The Balaban J connectivity index is 2.18. The average molecular weight is 309 g/mol. The van der Waals surface area contributed by atoms with E-state index >= 15 is 0 Å². The van der Waals surface area contributed by atoms with Crippen LogP contribution in [0.3, 0.4) is 0 Å². The summed E-state index contributed by atoms with van der Waals surface area (Å²) in [6.07, 6.45) is -2.09. The molecule has 0 unspecified atom stereocenters. The van der Waals surface area contributed by atoms with Crippen molar-refractivity contribution >= 4 is 16.9 Å². The highest BCUT2D eigenvalue weighted by Crippen LogP contribution is 2.32. The predicted molar refractivity (Wildman–Crippen MR) is 74.4 cm³/mol. The van der Waals surface area contributed by atoms with Crippen molar-refractivity contribution in [3.05, 3.63) is 28.4 Å². The van der Waals surface area contributed by atoms with Gasteiger partial charge in [0.15, 0.2) is 6.23 Å². The summed E-state index contributed by atoms with van der Waals surface area (Å²) in [4.78, 5) is 18.4. The van der Waals surface area contributed by atoms with Crippen LogP contribution >= 0.6 is 0 Å². The highest BCUT2D eigenvalue weighted by Gasteiger charge is 2.44. The highest BCUT2D eigenvalue weighted by atomic mass is 16.6. The van der Waals surface area contributed by atoms with Gasteiger partial charge in [-0.05, 0) is 0 Å². The van der Waals surface area contributed by atoms with Crippen LogP contribution in [0, 0.1) is 5.41 Å². The van der Waals surface area contributed by atoms with Crippen molar-refractivity contribution in [1.29, 1.82) is 5.41 Å². The third kappa shape index (κ3) is 2.01. The molecule has 0 bridgehead atoms. The van der Waals surface area contributed by atoms with Gasteiger partial charge >= 0.3 is 0 Å². The summed E-state index contributed by atoms with van der Waals surface area (Å²) < 4.78 is 6.74. The van der Waals surface area contributed by atoms with Crippen LogP contribution in [-0.2, 0) is 4.74 Å². The van der Waals surface area contributed by atoms with E-state index in [-0.39, 0.29) is 22.4 Å². The van der Waals surface area contributed by atoms with E-state index in [0.717, 1.165) is 0 Å². The number of aromatic amines is 1. The fourth-order valence-electron chi connectivity index (χ4n) is 2.60. The molecule has 3 rings (SSSR count). The monoisotopic (exact) mass is 309 g/mol. The first-order valence-corrected chi connectivity index (χ1v) is 6.50. The van der Waals surface area contributed by atoms with Crippen molar-refractivity contribution < 1.29 is 20.1 Å². The Morgan fingerprint density at radius 3 is 2.82 bits per heavy atom. The van der Waals surface area contributed by atoms with Gasteiger partial charge in [-0.25, -0.2) is 4.98 Å². The number of rotatable bonds is 3. The molecule has 1 aliphatic heterocycles. The molecule has 0 aliphatic carbocycles. The second kappa shape index (κ2) is 5.18. The SMILES string of the molecule is N=C(N)c1cn([C@@H]2O[C@H](CO)[C@@H](O)[C@@H]2O)c2nc[nH]c(=O)c12. The quantitative estimate of drug-likeness (QED) is 0.271. The summed E-state index contributed by atoms with van der Waals surface area (Å²) in [7, 11) is 0. The molecule has 10 nitrogen and oxygen atoms in total. The summed E-state index contributed by atoms with van der Waals surface area (Å²) >= 11 is 0. The molecule has 0 aromatic carbocycles. The minimum absolute atomic E-state index is 0.0905. The number of nitrogens with two attached hydrogens (primary N) is 1. The molecule has 0 spiro atoms. The van der Waals surface area contributed by atoms with Crippen molar-refractivity contribution in [3.8, 4) is 0 Å². The van der Waals surface area contributed by atoms with Crippen LogP contribution in [-0.4, -0.2) is 60.6 Å². The van der Waals surface area contributed by atoms with Crippen molar-refractivity contribution in [2.24, 2.45) is 5.73 Å². The van der Waals surface area contributed by atoms with Crippen LogP contribution in [0.4, 0.5) is 0 Å². The van der Waals surface area contributed by atoms with Gasteiger partial charge in [0, 0.05) is 11.8 Å². The molecule has 118 valence electrons. The van der Waals surface area contributed by atoms with Gasteiger partial charge < -0.3 is 35.3 Å². The number of fused-ring (bicyclic) bond motifs is 1. The Morgan fingerprint density at radius 2 is 2.23 bits per heavy atom. The number of aliphatic hydroxyl groups excluding tert-OH is 3. The molecule has 1 aliphatic rings. The number of aliphatic hydroxyl groups is 3. The van der Waals surface area contributed by atoms with E-state index in [9.17, 15) is 15.0 Å². The second-order valence-corrected chi connectivity index (χ2v) is 5.02. The minimum atomic E-state index is -1.33. The van der Waals surface area contributed by atoms with Gasteiger partial charge in [0.25, 0.3) is 5.56 Å². The van der Waals surface area contributed by atoms with Crippen molar-refractivity contribution in [2.45, 2.75) is 24.5 Å². The zero-order valence-corrected chi connectivity index (χ0v) is 11.3. The van der Waals surface area contributed by atoms with Gasteiger partial charge in [-0.2, -0.15) is 0 Å². The maximum Gasteiger partial charge on any atom is 0.260 e. The number of aromatic nitrogens is 3. The molecule has 0 amide bonds. The molecule has 0 radical (unpaired) electrons. The van der Waals surface area contributed by atoms with Crippen molar-refractivity contribution in [3.63, 3.8) is 0 Å². The Labute approximate surface area is 123 Å². The fraction of sp³-hybridized carbons (Fsp3) is 0.417. The topological polar surface area (TPSA) is 170 Å². The van der Waals surface area contributed by atoms with Gasteiger partial charge in [-0.1, -0.05) is 0 Å². The Kier molecular flexibility index (Phi) is 3.45. The first-order chi connectivity index (χ1) is 10.5. The first kappa shape index (κ1) is 14.7. The maximum absolute atomic E-state index is 11.9. The lowest BCUT2D eigenvalue weighted by molar-refractivity contribution is -0.0508. The second-order valence-electron chi connectivity index (χ2n) is 5.02. The van der Waals surface area contributed by atoms with Crippen LogP contribution in [0.2, 0.25) is 0 Å². The summed E-state index contributed by atoms with van der Waals surface area (Å²) in [5.74, 6) is -0.339. The zero-order chi connectivity index (χ0) is 16.0. The molecule has 2 aromatic heterocycles. The summed E-state index contributed by atoms with van der Waals surface area (Å²) in [6.45, 7) is -0.471. The Morgan fingerprint density at radius 1 is 1.50 bits per heavy atom. The largest absolute Gasteiger partial charge is 0.394 e. The molecule has 22 heavy (non-hydrogen) atoms. The number of hydrogen-bond donors (Lipinski definition) is 6. The van der Waals surface area contributed by atoms with Crippen LogP contribution in [0.1, 0.15) is 11.8 Å². The van der Waals surface area contributed by atoms with Gasteiger partial charge in [-0.15, -0.1) is 0 Å². The minimum Gasteiger partial charge on any atom is -0.394 e. The van der Waals surface area contributed by atoms with E-state index in [0.29, 0.717) is 0 Å². The lowest BCUT2D eigenvalue weighted by atomic mass is 10.1. The van der Waals surface area contributed by atoms with Crippen molar-refractivity contribution in [1.82, 2.24) is 14.5 Å². The standard InChI is InChI=1S/C12H15N5O5/c13-9(14)4-1-17(10-6(4)11(21)16-3-15-10)12-8(20)7(19)5(2-18)22-12/h1,3,5,7-8,12,18-20H,2H2,(H3,13,14)(H,15,16,21)/t5-,7-,8+,12-/m1/s1. The molecule has 3 heterocycles. The van der Waals surface area contributed by atoms with Crippen molar-refractivity contribution in [2.75, 3.05) is 6.61 Å². The summed E-state index contributed by atoms with van der Waals surface area (Å²) in [6, 6.07) is 0. The zero-order valence-electron chi connectivity index (χ0n) is 11.3. The van der Waals surface area contributed by atoms with E-state index in [2.05, 4.69) is 9.97 Å². The molecular weight excluding hydrogens is 294 g/mol. The lowest BCUT2D eigenvalue weighted by Gasteiger charge is -2.17. The smallest absolute Gasteiger partial charge is 0.260 e. The van der Waals surface area contributed by atoms with E-state index in [1.807, 2.05) is 0 Å². The molecule has 4 atom stereocenters. The van der Waals surface area contributed by atoms with Crippen LogP contribution in [0.15, 0.2) is 17.3 Å². The molecule has 1 fully saturated rings. The number of nitrogen functional groups attached to an aromatic ring is 1. The van der Waals surface area contributed by atoms with E-state index in [1.54, 1.807) is 0 Å². The van der Waals surface area contributed by atoms with Gasteiger partial charge in [0.2, 0.25) is 0 Å². The Hall–Kier alpha value is -2.27. The van der Waals surface area contributed by atoms with E-state index in [4.69, 9.17) is 21.0 Å². The van der Waals surface area contributed by atoms with Crippen LogP contribution < -0.4 is 11.3 Å². The highest BCUT2D eigenvalue weighted by molar-refractivity contribution is 6.06. The molecule has 2 aromatic rings. The number of ether oxygens (including phenoxy) is 1. The number of nitrogens with zero attached hydrogens (tertiary/aromatic N) is 2. The summed E-state index contributed by atoms with van der Waals surface area (Å²) in [5, 5.41) is 36.7. The number of nitrogens with one attached hydrogen (secondary N) is 2. The molecule has 1 saturated heterocycles. The Bertz CT molecular complexity index is 784. The number of hydrogen-bond acceptors (Lipinski definition) is 7. The lowest BCUT2D eigenvalue weighted by Crippen LogP contribution is -2.33. The third-order valence-electron chi connectivity index (χ3n) is 3.70. The molecular formula is C12H15N5O5. The maximum atomic E-state index is 11.9. The average Bonchev–Trinajstić information content (AvgIpc) is 3.00. The first-order valence-electron chi connectivity index (χ1n) is 6.50. The summed E-state index contributed by atoms with van der Waals surface area (Å²) in [5.41, 5.74) is 5.28. The van der Waals surface area contributed by atoms with E-state index < -0.39 is 36.7 Å². The van der Waals surface area contributed by atoms with Crippen LogP contribution in [0.5, 0.6) is 0 Å². The van der Waals surface area contributed by atoms with Crippen LogP contribution in [0.25, 0.3) is 11.0 Å². The van der Waals surface area contributed by atoms with Gasteiger partial charge in [0.1, 0.15) is 29.8 Å². The van der Waals surface area contributed by atoms with Gasteiger partial charge in [0.05, 0.1) is 18.3 Å². The number of amidine groups is 1. The fourth-order valence-corrected chi connectivity index (χ4v) is 2.60. The third-order valence-corrected chi connectivity index (χ3v) is 3.70. The van der Waals surface area contributed by atoms with Gasteiger partial charge in [-0.3, -0.25) is 10.2 Å². The normalized spacial score (nSPS) is 28.3. The molecule has 10 heteroatoms. The predicted octanol–water partition coefficient (Wildman–Crippen LogP) is -2.38. The molecule has 0 saturated carbocycles. The number of H-pyrrole nitrogens is 1.